The largest absolute Gasteiger partial charge is 0.756 e. The van der Waals surface area contributed by atoms with Crippen LogP contribution in [0.4, 0.5) is 0 Å². The van der Waals surface area contributed by atoms with E-state index in [9.17, 15) is 19.4 Å². The van der Waals surface area contributed by atoms with Crippen molar-refractivity contribution in [3.63, 3.8) is 0 Å². The quantitative estimate of drug-likeness (QED) is 0.0272. The summed E-state index contributed by atoms with van der Waals surface area (Å²) in [7, 11) is 1.22. The summed E-state index contributed by atoms with van der Waals surface area (Å²) in [6, 6.07) is -0.919. The molecule has 3 unspecified atom stereocenters. The number of aliphatic hydroxyl groups excluding tert-OH is 1. The highest BCUT2D eigenvalue weighted by atomic mass is 31.2. The van der Waals surface area contributed by atoms with Gasteiger partial charge >= 0.3 is 0 Å². The molecule has 392 valence electrons. The maximum Gasteiger partial charge on any atom is 0.268 e. The molecule has 0 saturated heterocycles. The molecule has 0 aromatic heterocycles. The number of carbonyl (C=O) groups excluding carboxylic acids is 1. The minimum Gasteiger partial charge on any atom is -0.756 e. The van der Waals surface area contributed by atoms with Gasteiger partial charge in [0.2, 0.25) is 5.91 Å². The lowest BCUT2D eigenvalue weighted by molar-refractivity contribution is -0.870. The molecule has 0 bridgehead atoms. The van der Waals surface area contributed by atoms with Crippen LogP contribution in [0.15, 0.2) is 60.8 Å². The molecule has 0 aromatic carbocycles. The van der Waals surface area contributed by atoms with Crippen LogP contribution < -0.4 is 10.2 Å². The van der Waals surface area contributed by atoms with Crippen molar-refractivity contribution in [2.45, 2.75) is 264 Å². The lowest BCUT2D eigenvalue weighted by atomic mass is 10.0. The topological polar surface area (TPSA) is 108 Å². The van der Waals surface area contributed by atoms with Gasteiger partial charge in [-0.25, -0.2) is 0 Å². The molecular formula is C58H109N2O6P. The van der Waals surface area contributed by atoms with Crippen LogP contribution in [0.3, 0.4) is 0 Å². The van der Waals surface area contributed by atoms with E-state index in [1.165, 1.54) is 161 Å². The Morgan fingerprint density at radius 2 is 0.881 bits per heavy atom. The van der Waals surface area contributed by atoms with Crippen LogP contribution in [0.5, 0.6) is 0 Å². The lowest BCUT2D eigenvalue weighted by Crippen LogP contribution is -2.45. The summed E-state index contributed by atoms with van der Waals surface area (Å²) in [5, 5.41) is 13.8. The molecule has 8 nitrogen and oxygen atoms in total. The Hall–Kier alpha value is -1.80. The fourth-order valence-corrected chi connectivity index (χ4v) is 8.70. The normalized spacial score (nSPS) is 14.4. The van der Waals surface area contributed by atoms with E-state index in [1.54, 1.807) is 6.08 Å². The lowest BCUT2D eigenvalue weighted by Gasteiger charge is -2.29. The molecule has 0 aliphatic carbocycles. The van der Waals surface area contributed by atoms with Crippen molar-refractivity contribution in [2.24, 2.45) is 0 Å². The molecule has 0 aliphatic heterocycles. The van der Waals surface area contributed by atoms with Crippen LogP contribution in [0.1, 0.15) is 251 Å². The fraction of sp³-hybridized carbons (Fsp3) is 0.810. The molecular weight excluding hydrogens is 852 g/mol. The van der Waals surface area contributed by atoms with Gasteiger partial charge in [0.1, 0.15) is 13.2 Å². The van der Waals surface area contributed by atoms with E-state index in [2.05, 4.69) is 67.8 Å². The van der Waals surface area contributed by atoms with Crippen molar-refractivity contribution in [3.8, 4) is 0 Å². The van der Waals surface area contributed by atoms with Crippen LogP contribution in [0.2, 0.25) is 0 Å². The van der Waals surface area contributed by atoms with Crippen LogP contribution in [-0.2, 0) is 18.4 Å². The Morgan fingerprint density at radius 3 is 1.33 bits per heavy atom. The minimum absolute atomic E-state index is 0.0138. The molecule has 2 N–H and O–H groups in total. The SMILES string of the molecule is CCCCC/C=C\C/C=C\CCCCCCCC(=O)NC(COP(=O)([O-])OCC[N+](C)(C)C)C(O)/C=C/CC/C=C/CC/C=C/CCCCCCCCCCCCCCCCCCCCCC. The molecule has 0 aliphatic rings. The van der Waals surface area contributed by atoms with E-state index in [-0.39, 0.29) is 12.5 Å². The van der Waals surface area contributed by atoms with Gasteiger partial charge in [0.15, 0.2) is 0 Å². The second-order valence-corrected chi connectivity index (χ2v) is 21.7. The third-order valence-corrected chi connectivity index (χ3v) is 13.4. The van der Waals surface area contributed by atoms with Gasteiger partial charge in [-0.3, -0.25) is 9.36 Å². The molecule has 67 heavy (non-hydrogen) atoms. The van der Waals surface area contributed by atoms with Crippen molar-refractivity contribution in [1.82, 2.24) is 5.32 Å². The molecule has 0 heterocycles. The fourth-order valence-electron chi connectivity index (χ4n) is 7.98. The highest BCUT2D eigenvalue weighted by molar-refractivity contribution is 7.45. The number of aliphatic hydroxyl groups is 1. The smallest absolute Gasteiger partial charge is 0.268 e. The number of phosphoric ester groups is 1. The molecule has 0 radical (unpaired) electrons. The first-order chi connectivity index (χ1) is 32.5. The average Bonchev–Trinajstić information content (AvgIpc) is 3.29. The standard InChI is InChI=1S/C58H109N2O6P/c1-6-8-10-12-14-16-18-20-22-23-24-25-26-27-28-29-30-31-32-33-34-35-36-38-39-41-43-45-47-49-51-57(61)56(55-66-67(63,64)65-54-53-60(3,4)5)59-58(62)52-50-48-46-44-42-40-37-21-19-17-15-13-11-9-7-2/h15,17,21,35-37,41,43,49,51,56-57,61H,6-14,16,18-20,22-34,38-40,42,44-48,50,52-55H2,1-5H3,(H-,59,62,63,64)/b17-15-,36-35+,37-21-,43-41+,51-49+. The maximum absolute atomic E-state index is 12.9. The molecule has 0 spiro atoms. The number of nitrogens with one attached hydrogen (secondary N) is 1. The van der Waals surface area contributed by atoms with Gasteiger partial charge in [0.05, 0.1) is 39.9 Å². The average molecular weight is 961 g/mol. The van der Waals surface area contributed by atoms with Crippen molar-refractivity contribution < 1.29 is 32.9 Å². The highest BCUT2D eigenvalue weighted by Gasteiger charge is 2.23. The first-order valence-electron chi connectivity index (χ1n) is 28.2. The zero-order chi connectivity index (χ0) is 49.2. The van der Waals surface area contributed by atoms with Crippen molar-refractivity contribution in [2.75, 3.05) is 40.9 Å². The Bertz CT molecular complexity index is 1270. The molecule has 0 aromatic rings. The zero-order valence-corrected chi connectivity index (χ0v) is 45.5. The summed E-state index contributed by atoms with van der Waals surface area (Å²) >= 11 is 0. The number of allylic oxidation sites excluding steroid dienone is 9. The van der Waals surface area contributed by atoms with Gasteiger partial charge in [-0.1, -0.05) is 229 Å². The third-order valence-electron chi connectivity index (χ3n) is 12.4. The second kappa shape index (κ2) is 49.2. The second-order valence-electron chi connectivity index (χ2n) is 20.3. The highest BCUT2D eigenvalue weighted by Crippen LogP contribution is 2.38. The predicted molar refractivity (Wildman–Crippen MR) is 288 cm³/mol. The van der Waals surface area contributed by atoms with E-state index in [1.807, 2.05) is 27.2 Å². The van der Waals surface area contributed by atoms with Crippen LogP contribution in [-0.4, -0.2) is 68.5 Å². The Kier molecular flexibility index (Phi) is 47.9. The van der Waals surface area contributed by atoms with Crippen LogP contribution >= 0.6 is 7.82 Å². The van der Waals surface area contributed by atoms with Gasteiger partial charge < -0.3 is 28.8 Å². The Balaban J connectivity index is 4.24. The number of unbranched alkanes of at least 4 members (excludes halogenated alkanes) is 30. The van der Waals surface area contributed by atoms with Gasteiger partial charge in [-0.15, -0.1) is 0 Å². The van der Waals surface area contributed by atoms with Gasteiger partial charge in [0, 0.05) is 6.42 Å². The van der Waals surface area contributed by atoms with Gasteiger partial charge in [0.25, 0.3) is 7.82 Å². The summed E-state index contributed by atoms with van der Waals surface area (Å²) in [4.78, 5) is 25.4. The number of hydrogen-bond acceptors (Lipinski definition) is 6. The maximum atomic E-state index is 12.9. The molecule has 1 amide bonds. The number of phosphoric acid groups is 1. The number of amides is 1. The van der Waals surface area contributed by atoms with E-state index in [0.717, 1.165) is 70.6 Å². The number of quaternary nitrogens is 1. The number of likely N-dealkylation sites (N-methyl/N-ethyl adjacent to an activating group) is 1. The minimum atomic E-state index is -4.61. The molecule has 9 heteroatoms. The van der Waals surface area contributed by atoms with Crippen molar-refractivity contribution >= 4 is 13.7 Å². The van der Waals surface area contributed by atoms with E-state index < -0.39 is 26.6 Å². The number of rotatable bonds is 51. The Morgan fingerprint density at radius 1 is 0.522 bits per heavy atom. The molecule has 3 atom stereocenters. The molecule has 0 rings (SSSR count). The monoisotopic (exact) mass is 961 g/mol. The van der Waals surface area contributed by atoms with Crippen molar-refractivity contribution in [3.05, 3.63) is 60.8 Å². The number of hydrogen-bond donors (Lipinski definition) is 2. The van der Waals surface area contributed by atoms with Crippen LogP contribution in [0, 0.1) is 0 Å². The Labute approximate surface area is 415 Å². The van der Waals surface area contributed by atoms with Crippen LogP contribution in [0.25, 0.3) is 0 Å². The van der Waals surface area contributed by atoms with E-state index >= 15 is 0 Å². The number of carbonyl (C=O) groups is 1. The summed E-state index contributed by atoms with van der Waals surface area (Å²) in [5.74, 6) is -0.226. The molecule has 0 saturated carbocycles. The van der Waals surface area contributed by atoms with Gasteiger partial charge in [-0.05, 0) is 77.0 Å². The summed E-state index contributed by atoms with van der Waals surface area (Å²) < 4.78 is 23.3. The van der Waals surface area contributed by atoms with Gasteiger partial charge in [-0.2, -0.15) is 0 Å². The van der Waals surface area contributed by atoms with E-state index in [0.29, 0.717) is 17.4 Å². The first kappa shape index (κ1) is 65.2. The molecule has 0 fully saturated rings. The summed E-state index contributed by atoms with van der Waals surface area (Å²) in [6.45, 7) is 4.59. The third kappa shape index (κ3) is 51.9. The summed E-state index contributed by atoms with van der Waals surface area (Å²) in [5.41, 5.74) is 0. The number of nitrogens with zero attached hydrogens (tertiary/aromatic N) is 1. The van der Waals surface area contributed by atoms with E-state index in [4.69, 9.17) is 9.05 Å². The predicted octanol–water partition coefficient (Wildman–Crippen LogP) is 16.3. The van der Waals surface area contributed by atoms with Crippen molar-refractivity contribution in [1.29, 1.82) is 0 Å². The first-order valence-corrected chi connectivity index (χ1v) is 29.6. The zero-order valence-electron chi connectivity index (χ0n) is 44.6. The summed E-state index contributed by atoms with van der Waals surface area (Å²) in [6.07, 6.45) is 66.0.